The Kier molecular flexibility index (Phi) is 3.73. The first-order chi connectivity index (χ1) is 7.72. The van der Waals surface area contributed by atoms with E-state index in [0.717, 1.165) is 13.1 Å². The Morgan fingerprint density at radius 3 is 2.69 bits per heavy atom. The molecule has 92 valence electrons. The first kappa shape index (κ1) is 11.8. The Bertz CT molecular complexity index is 258. The molecule has 0 aromatic heterocycles. The molecule has 0 aliphatic carbocycles. The number of amides is 1. The molecule has 0 radical (unpaired) electrons. The SMILES string of the molecule is COC1CCN(C(=O)C2NCCN2)CC1F. The van der Waals surface area contributed by atoms with Gasteiger partial charge in [-0.15, -0.1) is 0 Å². The second-order valence-electron chi connectivity index (χ2n) is 4.20. The van der Waals surface area contributed by atoms with Crippen LogP contribution in [-0.2, 0) is 9.53 Å². The predicted octanol–water partition coefficient (Wildman–Crippen LogP) is -0.909. The monoisotopic (exact) mass is 231 g/mol. The molecule has 0 saturated carbocycles. The average molecular weight is 231 g/mol. The summed E-state index contributed by atoms with van der Waals surface area (Å²) in [6, 6.07) is 0. The minimum absolute atomic E-state index is 0.0605. The third kappa shape index (κ3) is 2.34. The molecule has 2 aliphatic rings. The van der Waals surface area contributed by atoms with E-state index in [1.54, 1.807) is 4.90 Å². The third-order valence-electron chi connectivity index (χ3n) is 3.17. The molecule has 2 N–H and O–H groups in total. The quantitative estimate of drug-likeness (QED) is 0.646. The lowest BCUT2D eigenvalue weighted by atomic mass is 10.1. The van der Waals surface area contributed by atoms with Gasteiger partial charge in [-0.25, -0.2) is 4.39 Å². The van der Waals surface area contributed by atoms with Crippen molar-refractivity contribution in [3.8, 4) is 0 Å². The molecule has 2 aliphatic heterocycles. The van der Waals surface area contributed by atoms with Crippen molar-refractivity contribution in [3.05, 3.63) is 0 Å². The number of likely N-dealkylation sites (tertiary alicyclic amines) is 1. The Balaban J connectivity index is 1.88. The zero-order valence-corrected chi connectivity index (χ0v) is 9.41. The second-order valence-corrected chi connectivity index (χ2v) is 4.20. The molecule has 5 nitrogen and oxygen atoms in total. The fourth-order valence-electron chi connectivity index (χ4n) is 2.21. The van der Waals surface area contributed by atoms with Gasteiger partial charge < -0.3 is 9.64 Å². The van der Waals surface area contributed by atoms with E-state index in [-0.39, 0.29) is 24.7 Å². The summed E-state index contributed by atoms with van der Waals surface area (Å²) in [7, 11) is 1.51. The van der Waals surface area contributed by atoms with Crippen molar-refractivity contribution in [1.82, 2.24) is 15.5 Å². The first-order valence-corrected chi connectivity index (χ1v) is 5.65. The summed E-state index contributed by atoms with van der Waals surface area (Å²) < 4.78 is 18.6. The van der Waals surface area contributed by atoms with E-state index in [0.29, 0.717) is 13.0 Å². The van der Waals surface area contributed by atoms with Crippen LogP contribution >= 0.6 is 0 Å². The lowest BCUT2D eigenvalue weighted by Gasteiger charge is -2.35. The minimum Gasteiger partial charge on any atom is -0.378 e. The molecule has 6 heteroatoms. The number of hydrogen-bond donors (Lipinski definition) is 2. The smallest absolute Gasteiger partial charge is 0.254 e. The summed E-state index contributed by atoms with van der Waals surface area (Å²) in [6.07, 6.45) is -1.22. The Morgan fingerprint density at radius 1 is 1.44 bits per heavy atom. The highest BCUT2D eigenvalue weighted by Gasteiger charge is 2.34. The van der Waals surface area contributed by atoms with Crippen molar-refractivity contribution in [2.75, 3.05) is 33.3 Å². The van der Waals surface area contributed by atoms with E-state index in [1.165, 1.54) is 7.11 Å². The van der Waals surface area contributed by atoms with E-state index >= 15 is 0 Å². The highest BCUT2D eigenvalue weighted by atomic mass is 19.1. The van der Waals surface area contributed by atoms with Gasteiger partial charge in [0.05, 0.1) is 12.6 Å². The van der Waals surface area contributed by atoms with Gasteiger partial charge in [0.25, 0.3) is 5.91 Å². The van der Waals surface area contributed by atoms with E-state index < -0.39 is 6.17 Å². The first-order valence-electron chi connectivity index (χ1n) is 5.65. The third-order valence-corrected chi connectivity index (χ3v) is 3.17. The van der Waals surface area contributed by atoms with Crippen LogP contribution in [-0.4, -0.2) is 62.5 Å². The van der Waals surface area contributed by atoms with Crippen molar-refractivity contribution in [1.29, 1.82) is 0 Å². The van der Waals surface area contributed by atoms with Crippen LogP contribution in [0.2, 0.25) is 0 Å². The molecule has 2 rings (SSSR count). The zero-order valence-electron chi connectivity index (χ0n) is 9.41. The van der Waals surface area contributed by atoms with Crippen LogP contribution in [0.15, 0.2) is 0 Å². The summed E-state index contributed by atoms with van der Waals surface area (Å²) in [5.74, 6) is -0.0605. The van der Waals surface area contributed by atoms with Gasteiger partial charge in [0, 0.05) is 26.7 Å². The molecule has 0 aromatic carbocycles. The number of nitrogens with one attached hydrogen (secondary N) is 2. The van der Waals surface area contributed by atoms with Gasteiger partial charge in [0.15, 0.2) is 0 Å². The number of piperidine rings is 1. The predicted molar refractivity (Wildman–Crippen MR) is 56.7 cm³/mol. The summed E-state index contributed by atoms with van der Waals surface area (Å²) in [5, 5.41) is 6.08. The largest absolute Gasteiger partial charge is 0.378 e. The fraction of sp³-hybridized carbons (Fsp3) is 0.900. The molecule has 0 aromatic rings. The van der Waals surface area contributed by atoms with Gasteiger partial charge in [-0.2, -0.15) is 0 Å². The summed E-state index contributed by atoms with van der Waals surface area (Å²) in [4.78, 5) is 13.5. The Labute approximate surface area is 94.3 Å². The van der Waals surface area contributed by atoms with E-state index in [1.807, 2.05) is 0 Å². The maximum atomic E-state index is 13.6. The van der Waals surface area contributed by atoms with Crippen LogP contribution in [0.5, 0.6) is 0 Å². The van der Waals surface area contributed by atoms with Gasteiger partial charge >= 0.3 is 0 Å². The lowest BCUT2D eigenvalue weighted by molar-refractivity contribution is -0.138. The standard InChI is InChI=1S/C10H18FN3O2/c1-16-8-2-5-14(6-7(8)11)10(15)9-12-3-4-13-9/h7-9,12-13H,2-6H2,1H3. The maximum Gasteiger partial charge on any atom is 0.254 e. The van der Waals surface area contributed by atoms with Gasteiger partial charge in [0.1, 0.15) is 12.3 Å². The van der Waals surface area contributed by atoms with Gasteiger partial charge in [-0.3, -0.25) is 15.4 Å². The summed E-state index contributed by atoms with van der Waals surface area (Å²) in [6.45, 7) is 2.27. The van der Waals surface area contributed by atoms with Gasteiger partial charge in [-0.1, -0.05) is 0 Å². The van der Waals surface area contributed by atoms with Gasteiger partial charge in [0.2, 0.25) is 0 Å². The molecule has 0 bridgehead atoms. The number of halogens is 1. The van der Waals surface area contributed by atoms with Crippen molar-refractivity contribution in [3.63, 3.8) is 0 Å². The molecular formula is C10H18FN3O2. The Hall–Kier alpha value is -0.720. The van der Waals surface area contributed by atoms with E-state index in [2.05, 4.69) is 10.6 Å². The van der Waals surface area contributed by atoms with Crippen LogP contribution in [0.4, 0.5) is 4.39 Å². The highest BCUT2D eigenvalue weighted by molar-refractivity contribution is 5.82. The molecule has 2 fully saturated rings. The number of alkyl halides is 1. The number of nitrogens with zero attached hydrogens (tertiary/aromatic N) is 1. The normalized spacial score (nSPS) is 32.0. The van der Waals surface area contributed by atoms with Crippen molar-refractivity contribution in [2.24, 2.45) is 0 Å². The minimum atomic E-state index is -1.08. The molecule has 0 spiro atoms. The summed E-state index contributed by atoms with van der Waals surface area (Å²) >= 11 is 0. The highest BCUT2D eigenvalue weighted by Crippen LogP contribution is 2.17. The van der Waals surface area contributed by atoms with Crippen LogP contribution in [0.1, 0.15) is 6.42 Å². The number of carbonyl (C=O) groups excluding carboxylic acids is 1. The zero-order chi connectivity index (χ0) is 11.5. The fourth-order valence-corrected chi connectivity index (χ4v) is 2.21. The van der Waals surface area contributed by atoms with Crippen molar-refractivity contribution in [2.45, 2.75) is 24.9 Å². The number of carbonyl (C=O) groups is 1. The number of ether oxygens (including phenoxy) is 1. The molecule has 2 unspecified atom stereocenters. The van der Waals surface area contributed by atoms with Crippen LogP contribution in [0.25, 0.3) is 0 Å². The van der Waals surface area contributed by atoms with Crippen LogP contribution in [0, 0.1) is 0 Å². The summed E-state index contributed by atoms with van der Waals surface area (Å²) in [5.41, 5.74) is 0. The molecule has 2 saturated heterocycles. The van der Waals surface area contributed by atoms with Crippen LogP contribution < -0.4 is 10.6 Å². The number of hydrogen-bond acceptors (Lipinski definition) is 4. The van der Waals surface area contributed by atoms with Crippen molar-refractivity contribution < 1.29 is 13.9 Å². The van der Waals surface area contributed by atoms with Crippen molar-refractivity contribution >= 4 is 5.91 Å². The lowest BCUT2D eigenvalue weighted by Crippen LogP contribution is -2.55. The maximum absolute atomic E-state index is 13.6. The van der Waals surface area contributed by atoms with Gasteiger partial charge in [-0.05, 0) is 6.42 Å². The Morgan fingerprint density at radius 2 is 2.12 bits per heavy atom. The molecule has 2 heterocycles. The number of methoxy groups -OCH3 is 1. The molecule has 16 heavy (non-hydrogen) atoms. The molecule has 2 atom stereocenters. The van der Waals surface area contributed by atoms with E-state index in [4.69, 9.17) is 4.74 Å². The van der Waals surface area contributed by atoms with Crippen LogP contribution in [0.3, 0.4) is 0 Å². The van der Waals surface area contributed by atoms with E-state index in [9.17, 15) is 9.18 Å². The molecule has 1 amide bonds. The second kappa shape index (κ2) is 5.07. The average Bonchev–Trinajstić information content (AvgIpc) is 2.81. The molecular weight excluding hydrogens is 213 g/mol. The topological polar surface area (TPSA) is 53.6 Å². The number of rotatable bonds is 2.